The number of likely N-dealkylation sites (N-methyl/N-ethyl adjacent to an activating group) is 1. The van der Waals surface area contributed by atoms with Crippen molar-refractivity contribution >= 4 is 34.3 Å². The van der Waals surface area contributed by atoms with E-state index in [0.717, 1.165) is 28.5 Å². The Kier molecular flexibility index (Phi) is 6.93. The predicted octanol–water partition coefficient (Wildman–Crippen LogP) is 4.46. The second-order valence-electron chi connectivity index (χ2n) is 9.11. The Morgan fingerprint density at radius 1 is 1.23 bits per heavy atom. The molecule has 0 heterocycles. The number of benzene rings is 2. The monoisotopic (exact) mass is 478 g/mol. The molecule has 35 heavy (non-hydrogen) atoms. The lowest BCUT2D eigenvalue weighted by Crippen LogP contribution is -2.27. The Hall–Kier alpha value is -3.65. The zero-order valence-electron chi connectivity index (χ0n) is 19.7. The maximum Gasteiger partial charge on any atom is 0.214 e. The molecule has 2 aromatic carbocycles. The van der Waals surface area contributed by atoms with E-state index < -0.39 is 11.9 Å². The molecule has 1 unspecified atom stereocenters. The molecule has 1 atom stereocenters. The Bertz CT molecular complexity index is 1280. The van der Waals surface area contributed by atoms with Crippen molar-refractivity contribution in [2.24, 2.45) is 11.7 Å². The number of anilines is 1. The van der Waals surface area contributed by atoms with E-state index in [0.29, 0.717) is 42.7 Å². The molecule has 5 N–H and O–H groups in total. The van der Waals surface area contributed by atoms with Crippen LogP contribution in [-0.4, -0.2) is 49.5 Å². The van der Waals surface area contributed by atoms with Crippen LogP contribution in [0.25, 0.3) is 11.1 Å². The highest BCUT2D eigenvalue weighted by Gasteiger charge is 2.36. The standard InChI is InChI=1S/C27H28F2N5O.H2/c1-34(2)8-7-33-24-13-15(23(14-30)27(29)32)3-5-21(24)25(31)26(35)18-9-16-11-19(28)4-6-20(16)22-12-17(22)10-18;/h3-6,11-14,18,31-33H,7-10,30H2,1-2H3;1H/b23-14-,31-25?,32-27?;. The number of allylic oxidation sites excluding steroid dienone is 3. The third kappa shape index (κ3) is 5.22. The van der Waals surface area contributed by atoms with Crippen molar-refractivity contribution in [1.82, 2.24) is 4.90 Å². The molecule has 0 aliphatic heterocycles. The third-order valence-corrected chi connectivity index (χ3v) is 6.37. The maximum absolute atomic E-state index is 13.9. The number of carbonyl (C=O) groups is 1. The van der Waals surface area contributed by atoms with Gasteiger partial charge >= 0.3 is 0 Å². The summed E-state index contributed by atoms with van der Waals surface area (Å²) in [5.41, 5.74) is 10.4. The van der Waals surface area contributed by atoms with Gasteiger partial charge in [-0.25, -0.2) is 4.39 Å². The number of hydrogen-bond acceptors (Lipinski definition) is 6. The summed E-state index contributed by atoms with van der Waals surface area (Å²) in [4.78, 5) is 15.5. The van der Waals surface area contributed by atoms with Gasteiger partial charge in [-0.3, -0.25) is 15.6 Å². The summed E-state index contributed by atoms with van der Waals surface area (Å²) in [5.74, 6) is -2.33. The molecule has 8 heteroatoms. The molecule has 6 nitrogen and oxygen atoms in total. The molecule has 4 rings (SSSR count). The minimum Gasteiger partial charge on any atom is -0.404 e. The molecule has 1 radical (unpaired) electrons. The van der Waals surface area contributed by atoms with E-state index in [9.17, 15) is 13.6 Å². The first-order valence-electron chi connectivity index (χ1n) is 11.4. The zero-order valence-corrected chi connectivity index (χ0v) is 19.7. The molecule has 183 valence electrons. The van der Waals surface area contributed by atoms with E-state index in [4.69, 9.17) is 16.6 Å². The molecule has 2 aliphatic rings. The minimum atomic E-state index is -1.17. The summed E-state index contributed by atoms with van der Waals surface area (Å²) in [6, 6.07) is 9.38. The summed E-state index contributed by atoms with van der Waals surface area (Å²) in [5, 5.41) is 19.3. The Labute approximate surface area is 205 Å². The van der Waals surface area contributed by atoms with E-state index in [-0.39, 0.29) is 24.3 Å². The van der Waals surface area contributed by atoms with Crippen LogP contribution in [-0.2, 0) is 11.2 Å². The van der Waals surface area contributed by atoms with Gasteiger partial charge in [0, 0.05) is 44.3 Å². The number of hydrogen-bond donors (Lipinski definition) is 4. The van der Waals surface area contributed by atoms with Crippen LogP contribution in [0.5, 0.6) is 0 Å². The quantitative estimate of drug-likeness (QED) is 0.399. The zero-order chi connectivity index (χ0) is 25.3. The average molecular weight is 479 g/mol. The van der Waals surface area contributed by atoms with Crippen LogP contribution in [0.4, 0.5) is 14.5 Å². The lowest BCUT2D eigenvalue weighted by atomic mass is 9.86. The van der Waals surface area contributed by atoms with Crippen LogP contribution in [0.1, 0.15) is 30.1 Å². The largest absolute Gasteiger partial charge is 0.404 e. The van der Waals surface area contributed by atoms with E-state index in [2.05, 4.69) is 5.32 Å². The van der Waals surface area contributed by atoms with Gasteiger partial charge in [0.05, 0.1) is 5.57 Å². The molecule has 2 aromatic rings. The molecule has 0 saturated carbocycles. The van der Waals surface area contributed by atoms with Gasteiger partial charge in [-0.15, -0.1) is 0 Å². The molecule has 0 fully saturated rings. The summed E-state index contributed by atoms with van der Waals surface area (Å²) in [6.45, 7) is 1.22. The number of nitrogens with zero attached hydrogens (tertiary/aromatic N) is 1. The van der Waals surface area contributed by atoms with E-state index in [1.165, 1.54) is 12.1 Å². The first-order valence-corrected chi connectivity index (χ1v) is 11.4. The number of nitrogens with two attached hydrogens (primary N) is 1. The molecule has 2 aliphatic carbocycles. The second-order valence-corrected chi connectivity index (χ2v) is 9.11. The number of fused-ring (bicyclic) bond motifs is 2. The lowest BCUT2D eigenvalue weighted by molar-refractivity contribution is -0.116. The van der Waals surface area contributed by atoms with Gasteiger partial charge in [-0.2, -0.15) is 4.39 Å². The molecular weight excluding hydrogens is 448 g/mol. The van der Waals surface area contributed by atoms with Crippen molar-refractivity contribution in [2.45, 2.75) is 12.8 Å². The molecule has 0 aromatic heterocycles. The van der Waals surface area contributed by atoms with Crippen LogP contribution in [0.2, 0.25) is 0 Å². The summed E-state index contributed by atoms with van der Waals surface area (Å²) in [7, 11) is 3.85. The molecule has 0 bridgehead atoms. The number of Topliss-reactive ketones (excluding diaryl/α,β-unsaturated/α-hetero) is 1. The molecular formula is C27H30F2N5O. The van der Waals surface area contributed by atoms with E-state index >= 15 is 0 Å². The number of ketones is 1. The fourth-order valence-electron chi connectivity index (χ4n) is 4.46. The highest BCUT2D eigenvalue weighted by Crippen LogP contribution is 2.47. The summed E-state index contributed by atoms with van der Waals surface area (Å²) in [6.07, 6.45) is 3.90. The van der Waals surface area contributed by atoms with Crippen LogP contribution >= 0.6 is 0 Å². The fraction of sp³-hybridized carbons (Fsp3) is 0.259. The van der Waals surface area contributed by atoms with Gasteiger partial charge in [-0.05, 0) is 73.5 Å². The predicted molar refractivity (Wildman–Crippen MR) is 138 cm³/mol. The van der Waals surface area contributed by atoms with Crippen molar-refractivity contribution < 1.29 is 15.0 Å². The first kappa shape index (κ1) is 24.5. The van der Waals surface area contributed by atoms with Crippen molar-refractivity contribution in [3.8, 4) is 0 Å². The van der Waals surface area contributed by atoms with Crippen LogP contribution in [0, 0.1) is 29.0 Å². The number of nitrogens with one attached hydrogen (secondary N) is 3. The van der Waals surface area contributed by atoms with E-state index in [1.54, 1.807) is 24.3 Å². The number of carbonyl (C=O) groups excluding carboxylic acids is 1. The molecule has 0 amide bonds. The number of rotatable bonds is 9. The van der Waals surface area contributed by atoms with Gasteiger partial charge in [-0.1, -0.05) is 17.7 Å². The lowest BCUT2D eigenvalue weighted by Gasteiger charge is -2.19. The maximum atomic E-state index is 13.9. The van der Waals surface area contributed by atoms with Gasteiger partial charge in [0.25, 0.3) is 0 Å². The SMILES string of the molecule is CN(C)CCNc1cc(/C(=C/N)C(=N)F)ccc1C(=N)C(=O)C1CC2=C([CH]2)c2ccc(F)cc2C1.[HH]. The van der Waals surface area contributed by atoms with Gasteiger partial charge < -0.3 is 16.0 Å². The van der Waals surface area contributed by atoms with Gasteiger partial charge in [0.15, 0.2) is 5.78 Å². The van der Waals surface area contributed by atoms with E-state index in [1.807, 2.05) is 25.4 Å². The first-order chi connectivity index (χ1) is 16.7. The van der Waals surface area contributed by atoms with Crippen molar-refractivity contribution in [1.29, 1.82) is 10.8 Å². The molecule has 0 saturated heterocycles. The highest BCUT2D eigenvalue weighted by molar-refractivity contribution is 6.46. The fourth-order valence-corrected chi connectivity index (χ4v) is 4.46. The Morgan fingerprint density at radius 3 is 2.69 bits per heavy atom. The third-order valence-electron chi connectivity index (χ3n) is 6.37. The normalized spacial score (nSPS) is 16.9. The smallest absolute Gasteiger partial charge is 0.214 e. The summed E-state index contributed by atoms with van der Waals surface area (Å²) >= 11 is 0. The summed E-state index contributed by atoms with van der Waals surface area (Å²) < 4.78 is 27.6. The highest BCUT2D eigenvalue weighted by atomic mass is 19.1. The van der Waals surface area contributed by atoms with Crippen LogP contribution in [0.15, 0.2) is 48.2 Å². The second kappa shape index (κ2) is 9.92. The number of halogens is 2. The Balaban J connectivity index is 0.00000361. The van der Waals surface area contributed by atoms with Crippen molar-refractivity contribution in [3.63, 3.8) is 0 Å². The molecule has 0 spiro atoms. The van der Waals surface area contributed by atoms with Crippen molar-refractivity contribution in [2.75, 3.05) is 32.5 Å². The Morgan fingerprint density at radius 2 is 2.00 bits per heavy atom. The minimum absolute atomic E-state index is 0. The van der Waals surface area contributed by atoms with Crippen LogP contribution in [0.3, 0.4) is 0 Å². The van der Waals surface area contributed by atoms with Gasteiger partial charge in [0.1, 0.15) is 11.5 Å². The van der Waals surface area contributed by atoms with Crippen LogP contribution < -0.4 is 11.1 Å². The van der Waals surface area contributed by atoms with Gasteiger partial charge in [0.2, 0.25) is 5.97 Å². The topological polar surface area (TPSA) is 106 Å². The van der Waals surface area contributed by atoms with Crippen molar-refractivity contribution in [3.05, 3.63) is 82.7 Å². The average Bonchev–Trinajstić information content (AvgIpc) is 3.57.